The van der Waals surface area contributed by atoms with E-state index < -0.39 is 5.60 Å². The van der Waals surface area contributed by atoms with Gasteiger partial charge < -0.3 is 19.8 Å². The molecule has 5 atom stereocenters. The second-order valence-electron chi connectivity index (χ2n) is 11.0. The number of fused-ring (bicyclic) bond motifs is 1. The molecule has 0 amide bonds. The van der Waals surface area contributed by atoms with E-state index in [-0.39, 0.29) is 17.6 Å². The SMILES string of the molecule is CCCC[C@](C)(O)C/C=C/[C@@H]1[C@H]2CC(COCCCN(C)C(C)(C)C)=C[C@H]2C[C@H]1O. The summed E-state index contributed by atoms with van der Waals surface area (Å²) in [6.45, 7) is 13.4. The Morgan fingerprint density at radius 3 is 2.63 bits per heavy atom. The van der Waals surface area contributed by atoms with E-state index in [1.54, 1.807) is 0 Å². The van der Waals surface area contributed by atoms with E-state index in [0.29, 0.717) is 18.3 Å². The van der Waals surface area contributed by atoms with Crippen LogP contribution in [0.25, 0.3) is 0 Å². The van der Waals surface area contributed by atoms with E-state index in [4.69, 9.17) is 4.74 Å². The van der Waals surface area contributed by atoms with Gasteiger partial charge in [0.05, 0.1) is 18.3 Å². The van der Waals surface area contributed by atoms with Gasteiger partial charge in [0.25, 0.3) is 0 Å². The summed E-state index contributed by atoms with van der Waals surface area (Å²) < 4.78 is 5.96. The monoisotopic (exact) mass is 421 g/mol. The van der Waals surface area contributed by atoms with Crippen molar-refractivity contribution in [1.29, 1.82) is 0 Å². The molecule has 0 unspecified atom stereocenters. The summed E-state index contributed by atoms with van der Waals surface area (Å²) in [5.41, 5.74) is 0.969. The summed E-state index contributed by atoms with van der Waals surface area (Å²) in [6, 6.07) is 0. The Bertz CT molecular complexity index is 575. The van der Waals surface area contributed by atoms with E-state index in [2.05, 4.69) is 57.9 Å². The summed E-state index contributed by atoms with van der Waals surface area (Å²) >= 11 is 0. The molecule has 0 aromatic rings. The van der Waals surface area contributed by atoms with Gasteiger partial charge in [0, 0.05) is 24.6 Å². The second-order valence-corrected chi connectivity index (χ2v) is 11.0. The molecular weight excluding hydrogens is 374 g/mol. The van der Waals surface area contributed by atoms with Gasteiger partial charge in [-0.2, -0.15) is 0 Å². The van der Waals surface area contributed by atoms with E-state index >= 15 is 0 Å². The van der Waals surface area contributed by atoms with Crippen molar-refractivity contribution in [1.82, 2.24) is 4.90 Å². The summed E-state index contributed by atoms with van der Waals surface area (Å²) in [5.74, 6) is 1.16. The fraction of sp³-hybridized carbons (Fsp3) is 0.846. The number of unbranched alkanes of at least 4 members (excludes halogenated alkanes) is 1. The predicted molar refractivity (Wildman–Crippen MR) is 126 cm³/mol. The van der Waals surface area contributed by atoms with Gasteiger partial charge >= 0.3 is 0 Å². The van der Waals surface area contributed by atoms with E-state index in [1.807, 2.05) is 6.92 Å². The van der Waals surface area contributed by atoms with Crippen molar-refractivity contribution < 1.29 is 14.9 Å². The van der Waals surface area contributed by atoms with Gasteiger partial charge in [-0.1, -0.05) is 38.0 Å². The van der Waals surface area contributed by atoms with Gasteiger partial charge in [-0.05, 0) is 84.3 Å². The molecule has 4 heteroatoms. The van der Waals surface area contributed by atoms with Crippen molar-refractivity contribution in [2.24, 2.45) is 17.8 Å². The Morgan fingerprint density at radius 2 is 1.97 bits per heavy atom. The Labute approximate surface area is 185 Å². The number of hydrogen-bond acceptors (Lipinski definition) is 4. The van der Waals surface area contributed by atoms with Crippen LogP contribution in [0.1, 0.15) is 79.6 Å². The third-order valence-electron chi connectivity index (χ3n) is 7.15. The van der Waals surface area contributed by atoms with Crippen LogP contribution in [-0.4, -0.2) is 59.2 Å². The maximum atomic E-state index is 10.5. The molecule has 0 radical (unpaired) electrons. The van der Waals surface area contributed by atoms with Gasteiger partial charge in [-0.25, -0.2) is 0 Å². The first kappa shape index (κ1) is 25.6. The number of allylic oxidation sites excluding steroid dienone is 1. The maximum absolute atomic E-state index is 10.5. The highest BCUT2D eigenvalue weighted by atomic mass is 16.5. The largest absolute Gasteiger partial charge is 0.392 e. The zero-order valence-electron chi connectivity index (χ0n) is 20.4. The van der Waals surface area contributed by atoms with Gasteiger partial charge in [0.15, 0.2) is 0 Å². The third kappa shape index (κ3) is 7.78. The van der Waals surface area contributed by atoms with Crippen molar-refractivity contribution in [2.75, 3.05) is 26.8 Å². The average Bonchev–Trinajstić information content (AvgIpc) is 3.16. The third-order valence-corrected chi connectivity index (χ3v) is 7.15. The van der Waals surface area contributed by atoms with E-state index in [0.717, 1.165) is 58.3 Å². The molecular formula is C26H47NO3. The van der Waals surface area contributed by atoms with Gasteiger partial charge in [0.1, 0.15) is 0 Å². The van der Waals surface area contributed by atoms with Crippen LogP contribution >= 0.6 is 0 Å². The van der Waals surface area contributed by atoms with Crippen LogP contribution in [0.2, 0.25) is 0 Å². The van der Waals surface area contributed by atoms with Crippen LogP contribution in [0, 0.1) is 17.8 Å². The summed E-state index contributed by atoms with van der Waals surface area (Å²) in [5, 5.41) is 21.0. The van der Waals surface area contributed by atoms with Crippen molar-refractivity contribution in [3.05, 3.63) is 23.8 Å². The number of hydrogen-bond donors (Lipinski definition) is 2. The van der Waals surface area contributed by atoms with Crippen LogP contribution < -0.4 is 0 Å². The fourth-order valence-corrected chi connectivity index (χ4v) is 4.79. The van der Waals surface area contributed by atoms with Crippen LogP contribution in [0.4, 0.5) is 0 Å². The van der Waals surface area contributed by atoms with Crippen LogP contribution in [-0.2, 0) is 4.74 Å². The predicted octanol–water partition coefficient (Wildman–Crippen LogP) is 4.95. The Hall–Kier alpha value is -0.680. The zero-order valence-corrected chi connectivity index (χ0v) is 20.4. The lowest BCUT2D eigenvalue weighted by molar-refractivity contribution is 0.0513. The lowest BCUT2D eigenvalue weighted by Gasteiger charge is -2.31. The Morgan fingerprint density at radius 1 is 1.23 bits per heavy atom. The molecule has 2 aliphatic carbocycles. The van der Waals surface area contributed by atoms with E-state index in [1.165, 1.54) is 5.57 Å². The van der Waals surface area contributed by atoms with Gasteiger partial charge in [0.2, 0.25) is 0 Å². The topological polar surface area (TPSA) is 52.9 Å². The molecule has 2 rings (SSSR count). The highest BCUT2D eigenvalue weighted by Crippen LogP contribution is 2.47. The highest BCUT2D eigenvalue weighted by Gasteiger charge is 2.43. The molecule has 0 aliphatic heterocycles. The average molecular weight is 422 g/mol. The van der Waals surface area contributed by atoms with Crippen molar-refractivity contribution >= 4 is 0 Å². The summed E-state index contributed by atoms with van der Waals surface area (Å²) in [4.78, 5) is 2.37. The maximum Gasteiger partial charge on any atom is 0.0676 e. The molecule has 1 saturated carbocycles. The molecule has 0 spiro atoms. The van der Waals surface area contributed by atoms with Crippen LogP contribution in [0.5, 0.6) is 0 Å². The molecule has 174 valence electrons. The molecule has 0 heterocycles. The molecule has 0 bridgehead atoms. The zero-order chi connectivity index (χ0) is 22.4. The highest BCUT2D eigenvalue weighted by molar-refractivity contribution is 5.21. The number of ether oxygens (including phenoxy) is 1. The summed E-state index contributed by atoms with van der Waals surface area (Å²) in [7, 11) is 2.17. The molecule has 1 fully saturated rings. The minimum atomic E-state index is -0.635. The second kappa shape index (κ2) is 11.3. The lowest BCUT2D eigenvalue weighted by atomic mass is 9.88. The molecule has 0 aromatic carbocycles. The van der Waals surface area contributed by atoms with Crippen molar-refractivity contribution in [3.63, 3.8) is 0 Å². The minimum absolute atomic E-state index is 0.200. The van der Waals surface area contributed by atoms with E-state index in [9.17, 15) is 10.2 Å². The first-order chi connectivity index (χ1) is 14.0. The minimum Gasteiger partial charge on any atom is -0.392 e. The molecule has 0 saturated heterocycles. The first-order valence-corrected chi connectivity index (χ1v) is 12.1. The number of rotatable bonds is 12. The van der Waals surface area contributed by atoms with Crippen molar-refractivity contribution in [3.8, 4) is 0 Å². The Kier molecular flexibility index (Phi) is 9.60. The summed E-state index contributed by atoms with van der Waals surface area (Å²) in [6.07, 6.45) is 13.0. The Balaban J connectivity index is 1.73. The number of aliphatic hydroxyl groups excluding tert-OH is 1. The van der Waals surface area contributed by atoms with Crippen LogP contribution in [0.15, 0.2) is 23.8 Å². The number of nitrogens with zero attached hydrogens (tertiary/aromatic N) is 1. The first-order valence-electron chi connectivity index (χ1n) is 12.1. The molecule has 30 heavy (non-hydrogen) atoms. The fourth-order valence-electron chi connectivity index (χ4n) is 4.79. The lowest BCUT2D eigenvalue weighted by Crippen LogP contribution is -2.38. The van der Waals surface area contributed by atoms with Gasteiger partial charge in [-0.3, -0.25) is 0 Å². The van der Waals surface area contributed by atoms with Crippen LogP contribution in [0.3, 0.4) is 0 Å². The standard InChI is InChI=1S/C26H47NO3/c1-7-8-12-26(5,29)13-9-11-22-23-17-20(16-21(23)18-24(22)28)19-30-15-10-14-27(6)25(2,3)4/h9,11,16,21-24,28-29H,7-8,10,12-15,17-19H2,1-6H3/b11-9+/t21-,22+,23-,24+,26-/m0/s1. The molecule has 0 aromatic heterocycles. The smallest absolute Gasteiger partial charge is 0.0676 e. The molecule has 2 N–H and O–H groups in total. The van der Waals surface area contributed by atoms with Gasteiger partial charge in [-0.15, -0.1) is 0 Å². The number of aliphatic hydroxyl groups is 2. The van der Waals surface area contributed by atoms with Crippen molar-refractivity contribution in [2.45, 2.75) is 96.8 Å². The molecule has 4 nitrogen and oxygen atoms in total. The molecule has 2 aliphatic rings. The quantitative estimate of drug-likeness (QED) is 0.346. The normalized spacial score (nSPS) is 28.9.